The van der Waals surface area contributed by atoms with Gasteiger partial charge < -0.3 is 4.74 Å². The van der Waals surface area contributed by atoms with Crippen molar-refractivity contribution in [1.29, 1.82) is 0 Å². The van der Waals surface area contributed by atoms with Crippen LogP contribution in [0.5, 0.6) is 0 Å². The smallest absolute Gasteiger partial charge is 0.335 e. The van der Waals surface area contributed by atoms with Crippen molar-refractivity contribution < 1.29 is 27.9 Å². The number of hydrogen-bond donors (Lipinski definition) is 0. The Morgan fingerprint density at radius 3 is 2.52 bits per heavy atom. The molecule has 0 fully saturated rings. The second-order valence-corrected chi connectivity index (χ2v) is 4.30. The molecule has 0 unspecified atom stereocenters. The highest BCUT2D eigenvalue weighted by molar-refractivity contribution is 6.52. The van der Waals surface area contributed by atoms with Crippen LogP contribution in [0.4, 0.5) is 14.5 Å². The summed E-state index contributed by atoms with van der Waals surface area (Å²) in [5, 5.41) is 0. The Hall–Kier alpha value is -2.57. The zero-order valence-corrected chi connectivity index (χ0v) is 11.1. The van der Waals surface area contributed by atoms with Crippen LogP contribution >= 0.6 is 0 Å². The molecule has 0 aromatic heterocycles. The number of halogens is 2. The van der Waals surface area contributed by atoms with Crippen LogP contribution in [-0.4, -0.2) is 30.8 Å². The molecule has 1 aromatic rings. The van der Waals surface area contributed by atoms with Crippen molar-refractivity contribution in [3.05, 3.63) is 41.5 Å². The highest BCUT2D eigenvalue weighted by Gasteiger charge is 2.41. The molecular weight excluding hydrogens is 284 g/mol. The molecule has 1 heterocycles. The number of hydrogen-bond acceptors (Lipinski definition) is 4. The summed E-state index contributed by atoms with van der Waals surface area (Å²) in [5.41, 5.74) is -1.25. The van der Waals surface area contributed by atoms with E-state index >= 15 is 0 Å². The number of benzene rings is 1. The summed E-state index contributed by atoms with van der Waals surface area (Å²) in [6.07, 6.45) is 0. The fourth-order valence-corrected chi connectivity index (χ4v) is 1.99. The Morgan fingerprint density at radius 2 is 1.90 bits per heavy atom. The number of carbonyl (C=O) groups is 3. The van der Waals surface area contributed by atoms with Crippen LogP contribution in [0.1, 0.15) is 17.3 Å². The number of anilines is 1. The lowest BCUT2D eigenvalue weighted by Crippen LogP contribution is -2.33. The second kappa shape index (κ2) is 5.43. The van der Waals surface area contributed by atoms with E-state index in [-0.39, 0.29) is 12.2 Å². The first-order valence-corrected chi connectivity index (χ1v) is 6.07. The molecule has 0 aliphatic carbocycles. The molecule has 0 saturated carbocycles. The maximum Gasteiger partial charge on any atom is 0.335 e. The third kappa shape index (κ3) is 2.42. The van der Waals surface area contributed by atoms with Gasteiger partial charge in [-0.25, -0.2) is 13.6 Å². The van der Waals surface area contributed by atoms with Crippen LogP contribution in [0.2, 0.25) is 0 Å². The third-order valence-electron chi connectivity index (χ3n) is 2.93. The molecule has 0 atom stereocenters. The average molecular weight is 295 g/mol. The van der Waals surface area contributed by atoms with E-state index in [4.69, 9.17) is 0 Å². The Balaban J connectivity index is 2.38. The first-order valence-electron chi connectivity index (χ1n) is 6.07. The minimum Gasteiger partial charge on any atom is -0.463 e. The maximum atomic E-state index is 13.8. The molecule has 5 nitrogen and oxygen atoms in total. The number of esters is 1. The van der Waals surface area contributed by atoms with Gasteiger partial charge in [0.2, 0.25) is 0 Å². The lowest BCUT2D eigenvalue weighted by Gasteiger charge is -2.17. The van der Waals surface area contributed by atoms with E-state index in [1.165, 1.54) is 0 Å². The number of ketones is 1. The molecule has 0 radical (unpaired) electrons. The van der Waals surface area contributed by atoms with Crippen molar-refractivity contribution in [2.45, 2.75) is 6.92 Å². The summed E-state index contributed by atoms with van der Waals surface area (Å²) < 4.78 is 32.1. The molecule has 0 bridgehead atoms. The molecule has 0 spiro atoms. The summed E-state index contributed by atoms with van der Waals surface area (Å²) in [7, 11) is 0. The van der Waals surface area contributed by atoms with E-state index in [0.717, 1.165) is 12.1 Å². The fourth-order valence-electron chi connectivity index (χ4n) is 1.99. The fraction of sp³-hybridized carbons (Fsp3) is 0.214. The van der Waals surface area contributed by atoms with Gasteiger partial charge in [-0.2, -0.15) is 0 Å². The van der Waals surface area contributed by atoms with Gasteiger partial charge in [0.25, 0.3) is 11.7 Å². The average Bonchev–Trinajstić information content (AvgIpc) is 2.69. The Kier molecular flexibility index (Phi) is 3.84. The Morgan fingerprint density at radius 1 is 1.29 bits per heavy atom. The van der Waals surface area contributed by atoms with E-state index in [9.17, 15) is 23.2 Å². The van der Waals surface area contributed by atoms with Gasteiger partial charge in [0.05, 0.1) is 24.4 Å². The Labute approximate surface area is 118 Å². The molecule has 0 N–H and O–H groups in total. The van der Waals surface area contributed by atoms with Crippen molar-refractivity contribution in [3.8, 4) is 0 Å². The number of ether oxygens (including phenoxy) is 1. The summed E-state index contributed by atoms with van der Waals surface area (Å²) in [5.74, 6) is -4.96. The van der Waals surface area contributed by atoms with E-state index in [0.29, 0.717) is 4.90 Å². The molecular formula is C14H11F2NO4. The standard InChI is InChI=1S/C14H11F2NO4/c1-3-21-14(20)7(2)6-17-11-9(16)5-4-8(15)10(11)12(18)13(17)19/h4-5H,2-3,6H2,1H3. The van der Waals surface area contributed by atoms with Crippen molar-refractivity contribution in [3.63, 3.8) is 0 Å². The zero-order valence-electron chi connectivity index (χ0n) is 11.1. The van der Waals surface area contributed by atoms with Gasteiger partial charge in [-0.3, -0.25) is 14.5 Å². The van der Waals surface area contributed by atoms with Gasteiger partial charge in [0, 0.05) is 5.57 Å². The number of fused-ring (bicyclic) bond motifs is 1. The second-order valence-electron chi connectivity index (χ2n) is 4.30. The van der Waals surface area contributed by atoms with Crippen molar-refractivity contribution in [2.24, 2.45) is 0 Å². The Bertz CT molecular complexity index is 669. The van der Waals surface area contributed by atoms with Gasteiger partial charge in [0.1, 0.15) is 11.6 Å². The van der Waals surface area contributed by atoms with Crippen LogP contribution < -0.4 is 4.90 Å². The molecule has 1 aliphatic rings. The molecule has 110 valence electrons. The van der Waals surface area contributed by atoms with Gasteiger partial charge in [-0.1, -0.05) is 6.58 Å². The van der Waals surface area contributed by atoms with E-state index in [1.54, 1.807) is 6.92 Å². The van der Waals surface area contributed by atoms with Crippen molar-refractivity contribution in [2.75, 3.05) is 18.1 Å². The van der Waals surface area contributed by atoms with Crippen LogP contribution in [0.25, 0.3) is 0 Å². The third-order valence-corrected chi connectivity index (χ3v) is 2.93. The quantitative estimate of drug-likeness (QED) is 0.481. The minimum atomic E-state index is -1.15. The van der Waals surface area contributed by atoms with Gasteiger partial charge >= 0.3 is 5.97 Å². The molecule has 1 aliphatic heterocycles. The molecule has 2 rings (SSSR count). The largest absolute Gasteiger partial charge is 0.463 e. The van der Waals surface area contributed by atoms with Crippen LogP contribution in [-0.2, 0) is 14.3 Å². The van der Waals surface area contributed by atoms with Crippen molar-refractivity contribution >= 4 is 23.3 Å². The van der Waals surface area contributed by atoms with Crippen molar-refractivity contribution in [1.82, 2.24) is 0 Å². The van der Waals surface area contributed by atoms with Gasteiger partial charge in [-0.15, -0.1) is 0 Å². The highest BCUT2D eigenvalue weighted by atomic mass is 19.1. The summed E-state index contributed by atoms with van der Waals surface area (Å²) in [4.78, 5) is 35.7. The van der Waals surface area contributed by atoms with Gasteiger partial charge in [0.15, 0.2) is 0 Å². The molecule has 7 heteroatoms. The summed E-state index contributed by atoms with van der Waals surface area (Å²) in [6, 6.07) is 1.57. The van der Waals surface area contributed by atoms with E-state index in [2.05, 4.69) is 11.3 Å². The topological polar surface area (TPSA) is 63.7 Å². The first kappa shape index (κ1) is 14.8. The summed E-state index contributed by atoms with van der Waals surface area (Å²) in [6.45, 7) is 4.66. The van der Waals surface area contributed by atoms with Crippen LogP contribution in [0, 0.1) is 11.6 Å². The molecule has 21 heavy (non-hydrogen) atoms. The van der Waals surface area contributed by atoms with Gasteiger partial charge in [-0.05, 0) is 19.1 Å². The minimum absolute atomic E-state index is 0.101. The predicted molar refractivity (Wildman–Crippen MR) is 68.8 cm³/mol. The van der Waals surface area contributed by atoms with E-state index in [1.807, 2.05) is 0 Å². The lowest BCUT2D eigenvalue weighted by molar-refractivity contribution is -0.138. The number of Topliss-reactive ketones (excluding diaryl/α,β-unsaturated/α-hetero) is 1. The normalized spacial score (nSPS) is 13.4. The molecule has 1 amide bonds. The number of nitrogens with zero attached hydrogens (tertiary/aromatic N) is 1. The van der Waals surface area contributed by atoms with Crippen LogP contribution in [0.3, 0.4) is 0 Å². The monoisotopic (exact) mass is 295 g/mol. The maximum absolute atomic E-state index is 13.8. The first-order chi connectivity index (χ1) is 9.88. The van der Waals surface area contributed by atoms with Crippen LogP contribution in [0.15, 0.2) is 24.3 Å². The zero-order chi connectivity index (χ0) is 15.7. The predicted octanol–water partition coefficient (Wildman–Crippen LogP) is 1.61. The lowest BCUT2D eigenvalue weighted by atomic mass is 10.1. The number of rotatable bonds is 4. The molecule has 1 aromatic carbocycles. The van der Waals surface area contributed by atoms with E-state index < -0.39 is 47.1 Å². The number of carbonyl (C=O) groups excluding carboxylic acids is 3. The molecule has 0 saturated heterocycles. The highest BCUT2D eigenvalue weighted by Crippen LogP contribution is 2.34. The summed E-state index contributed by atoms with van der Waals surface area (Å²) >= 11 is 0. The SMILES string of the molecule is C=C(CN1C(=O)C(=O)c2c(F)ccc(F)c21)C(=O)OCC. The number of amides is 1.